The van der Waals surface area contributed by atoms with E-state index in [0.29, 0.717) is 0 Å². The summed E-state index contributed by atoms with van der Waals surface area (Å²) in [5, 5.41) is 12.2. The van der Waals surface area contributed by atoms with Crippen LogP contribution in [0, 0.1) is 0 Å². The molecule has 1 saturated carbocycles. The van der Waals surface area contributed by atoms with Gasteiger partial charge in [-0.2, -0.15) is 15.0 Å². The van der Waals surface area contributed by atoms with Crippen LogP contribution < -0.4 is 5.32 Å². The zero-order chi connectivity index (χ0) is 13.8. The Morgan fingerprint density at radius 3 is 2.85 bits per heavy atom. The number of nitrogens with one attached hydrogen (secondary N) is 1. The van der Waals surface area contributed by atoms with Crippen molar-refractivity contribution in [3.8, 4) is 5.69 Å². The Morgan fingerprint density at radius 2 is 2.10 bits per heavy atom. The molecule has 0 saturated heterocycles. The molecule has 0 spiro atoms. The second-order valence-corrected chi connectivity index (χ2v) is 5.35. The fourth-order valence-corrected chi connectivity index (χ4v) is 2.23. The highest BCUT2D eigenvalue weighted by Gasteiger charge is 2.25. The van der Waals surface area contributed by atoms with Crippen molar-refractivity contribution >= 4 is 0 Å². The van der Waals surface area contributed by atoms with Crippen molar-refractivity contribution < 1.29 is 0 Å². The minimum atomic E-state index is 0.769. The highest BCUT2D eigenvalue weighted by atomic mass is 15.5. The molecule has 1 aliphatic carbocycles. The van der Waals surface area contributed by atoms with Crippen molar-refractivity contribution in [2.24, 2.45) is 0 Å². The second kappa shape index (κ2) is 6.15. The van der Waals surface area contributed by atoms with Gasteiger partial charge in [0, 0.05) is 25.7 Å². The molecule has 0 atom stereocenters. The van der Waals surface area contributed by atoms with E-state index in [1.54, 1.807) is 4.80 Å². The lowest BCUT2D eigenvalue weighted by atomic mass is 10.3. The molecule has 0 unspecified atom stereocenters. The lowest BCUT2D eigenvalue weighted by Gasteiger charge is -2.15. The molecular formula is C15H21N5. The van der Waals surface area contributed by atoms with E-state index in [9.17, 15) is 0 Å². The molecule has 1 fully saturated rings. The quantitative estimate of drug-likeness (QED) is 0.774. The van der Waals surface area contributed by atoms with Gasteiger partial charge < -0.3 is 10.2 Å². The van der Waals surface area contributed by atoms with Crippen LogP contribution in [0.1, 0.15) is 18.5 Å². The summed E-state index contributed by atoms with van der Waals surface area (Å²) in [4.78, 5) is 4.10. The van der Waals surface area contributed by atoms with E-state index in [0.717, 1.165) is 37.1 Å². The Balaban J connectivity index is 1.45. The first-order chi connectivity index (χ1) is 9.83. The number of aromatic nitrogens is 3. The predicted molar refractivity (Wildman–Crippen MR) is 78.7 cm³/mol. The normalized spacial score (nSPS) is 14.9. The van der Waals surface area contributed by atoms with Gasteiger partial charge in [0.05, 0.1) is 17.6 Å². The molecule has 5 nitrogen and oxygen atoms in total. The average Bonchev–Trinajstić information content (AvgIpc) is 3.23. The summed E-state index contributed by atoms with van der Waals surface area (Å²) in [6, 6.07) is 10.8. The molecule has 0 amide bonds. The molecule has 5 heteroatoms. The lowest BCUT2D eigenvalue weighted by Crippen LogP contribution is -2.30. The fourth-order valence-electron chi connectivity index (χ4n) is 2.23. The van der Waals surface area contributed by atoms with Crippen LogP contribution in [0.2, 0.25) is 0 Å². The molecule has 0 aliphatic heterocycles. The van der Waals surface area contributed by atoms with Crippen LogP contribution in [0.3, 0.4) is 0 Å². The van der Waals surface area contributed by atoms with E-state index >= 15 is 0 Å². The number of rotatable bonds is 7. The molecule has 0 radical (unpaired) electrons. The summed E-state index contributed by atoms with van der Waals surface area (Å²) in [5.74, 6) is 0. The van der Waals surface area contributed by atoms with Crippen molar-refractivity contribution in [2.45, 2.75) is 25.4 Å². The Kier molecular flexibility index (Phi) is 4.08. The van der Waals surface area contributed by atoms with Crippen molar-refractivity contribution in [3.05, 3.63) is 42.2 Å². The van der Waals surface area contributed by atoms with Gasteiger partial charge in [-0.05, 0) is 32.0 Å². The van der Waals surface area contributed by atoms with E-state index in [-0.39, 0.29) is 0 Å². The third kappa shape index (κ3) is 3.43. The molecule has 2 aromatic rings. The smallest absolute Gasteiger partial charge is 0.0969 e. The summed E-state index contributed by atoms with van der Waals surface area (Å²) in [6.45, 7) is 2.86. The van der Waals surface area contributed by atoms with Crippen molar-refractivity contribution in [2.75, 3.05) is 20.1 Å². The maximum Gasteiger partial charge on any atom is 0.0969 e. The molecule has 1 N–H and O–H groups in total. The summed E-state index contributed by atoms with van der Waals surface area (Å²) < 4.78 is 0. The Labute approximate surface area is 119 Å². The monoisotopic (exact) mass is 271 g/mol. The number of para-hydroxylation sites is 1. The number of likely N-dealkylation sites (N-methyl/N-ethyl adjacent to an activating group) is 1. The Bertz CT molecular complexity index is 532. The zero-order valence-electron chi connectivity index (χ0n) is 11.9. The molecule has 20 heavy (non-hydrogen) atoms. The standard InChI is InChI=1S/C15H21N5/c1-19(14-7-8-14)10-9-16-11-13-12-17-20(18-13)15-5-3-2-4-6-15/h2-6,12,14,16H,7-11H2,1H3. The Morgan fingerprint density at radius 1 is 1.30 bits per heavy atom. The number of hydrogen-bond acceptors (Lipinski definition) is 4. The molecule has 1 heterocycles. The van der Waals surface area contributed by atoms with Gasteiger partial charge in [0.1, 0.15) is 0 Å². The van der Waals surface area contributed by atoms with E-state index in [2.05, 4.69) is 27.5 Å². The molecule has 1 aromatic heterocycles. The van der Waals surface area contributed by atoms with E-state index in [1.165, 1.54) is 12.8 Å². The van der Waals surface area contributed by atoms with Gasteiger partial charge in [-0.25, -0.2) is 0 Å². The second-order valence-electron chi connectivity index (χ2n) is 5.35. The maximum absolute atomic E-state index is 4.47. The molecule has 1 aromatic carbocycles. The van der Waals surface area contributed by atoms with Gasteiger partial charge in [-0.1, -0.05) is 18.2 Å². The highest BCUT2D eigenvalue weighted by Crippen LogP contribution is 2.24. The van der Waals surface area contributed by atoms with Gasteiger partial charge >= 0.3 is 0 Å². The molecule has 106 valence electrons. The number of benzene rings is 1. The topological polar surface area (TPSA) is 46.0 Å². The zero-order valence-corrected chi connectivity index (χ0v) is 11.9. The molecular weight excluding hydrogens is 250 g/mol. The summed E-state index contributed by atoms with van der Waals surface area (Å²) in [5.41, 5.74) is 1.97. The van der Waals surface area contributed by atoms with Crippen LogP contribution in [0.25, 0.3) is 5.69 Å². The highest BCUT2D eigenvalue weighted by molar-refractivity contribution is 5.28. The molecule has 1 aliphatic rings. The number of hydrogen-bond donors (Lipinski definition) is 1. The summed E-state index contributed by atoms with van der Waals surface area (Å²) in [7, 11) is 2.20. The first-order valence-corrected chi connectivity index (χ1v) is 7.20. The first kappa shape index (κ1) is 13.3. The minimum Gasteiger partial charge on any atom is -0.310 e. The van der Waals surface area contributed by atoms with Crippen LogP contribution in [0.5, 0.6) is 0 Å². The third-order valence-electron chi connectivity index (χ3n) is 3.64. The van der Waals surface area contributed by atoms with Crippen molar-refractivity contribution in [1.82, 2.24) is 25.2 Å². The molecule has 3 rings (SSSR count). The summed E-state index contributed by atoms with van der Waals surface area (Å²) in [6.07, 6.45) is 4.55. The van der Waals surface area contributed by atoms with Crippen molar-refractivity contribution in [1.29, 1.82) is 0 Å². The van der Waals surface area contributed by atoms with E-state index in [4.69, 9.17) is 0 Å². The van der Waals surface area contributed by atoms with Gasteiger partial charge in [0.25, 0.3) is 0 Å². The SMILES string of the molecule is CN(CCNCc1cnn(-c2ccccc2)n1)C1CC1. The van der Waals surface area contributed by atoms with Gasteiger partial charge in [-0.15, -0.1) is 0 Å². The van der Waals surface area contributed by atoms with E-state index < -0.39 is 0 Å². The van der Waals surface area contributed by atoms with Crippen LogP contribution in [-0.2, 0) is 6.54 Å². The van der Waals surface area contributed by atoms with Crippen LogP contribution in [0.15, 0.2) is 36.5 Å². The van der Waals surface area contributed by atoms with Crippen molar-refractivity contribution in [3.63, 3.8) is 0 Å². The Hall–Kier alpha value is -1.72. The van der Waals surface area contributed by atoms with Crippen LogP contribution in [-0.4, -0.2) is 46.1 Å². The third-order valence-corrected chi connectivity index (χ3v) is 3.64. The summed E-state index contributed by atoms with van der Waals surface area (Å²) >= 11 is 0. The number of nitrogens with zero attached hydrogens (tertiary/aromatic N) is 4. The van der Waals surface area contributed by atoms with Gasteiger partial charge in [-0.3, -0.25) is 0 Å². The van der Waals surface area contributed by atoms with Gasteiger partial charge in [0.2, 0.25) is 0 Å². The van der Waals surface area contributed by atoms with Gasteiger partial charge in [0.15, 0.2) is 0 Å². The first-order valence-electron chi connectivity index (χ1n) is 7.20. The maximum atomic E-state index is 4.47. The molecule has 0 bridgehead atoms. The predicted octanol–water partition coefficient (Wildman–Crippen LogP) is 1.45. The van der Waals surface area contributed by atoms with Crippen LogP contribution >= 0.6 is 0 Å². The lowest BCUT2D eigenvalue weighted by molar-refractivity contribution is 0.321. The minimum absolute atomic E-state index is 0.769. The van der Waals surface area contributed by atoms with E-state index in [1.807, 2.05) is 36.5 Å². The largest absolute Gasteiger partial charge is 0.310 e. The fraction of sp³-hybridized carbons (Fsp3) is 0.467. The average molecular weight is 271 g/mol. The van der Waals surface area contributed by atoms with Crippen LogP contribution in [0.4, 0.5) is 0 Å².